The molecule has 6 rings (SSSR count). The van der Waals surface area contributed by atoms with Crippen LogP contribution < -0.4 is 0 Å². The molecule has 7 heteroatoms. The maximum Gasteiger partial charge on any atom is 0.258 e. The van der Waals surface area contributed by atoms with Crippen LogP contribution in [0.4, 0.5) is 0 Å². The first-order chi connectivity index (χ1) is 17.4. The van der Waals surface area contributed by atoms with Crippen LogP contribution in [0.1, 0.15) is 31.7 Å². The van der Waals surface area contributed by atoms with Crippen molar-refractivity contribution in [1.82, 2.24) is 9.80 Å². The van der Waals surface area contributed by atoms with Crippen LogP contribution in [-0.4, -0.2) is 66.3 Å². The molecule has 1 aromatic heterocycles. The summed E-state index contributed by atoms with van der Waals surface area (Å²) in [5.74, 6) is 1.40. The number of fused-ring (bicyclic) bond motifs is 1. The number of methoxy groups -OCH3 is 1. The molecule has 186 valence electrons. The molecule has 1 aliphatic carbocycles. The third kappa shape index (κ3) is 4.11. The van der Waals surface area contributed by atoms with E-state index < -0.39 is 5.54 Å². The zero-order valence-electron chi connectivity index (χ0n) is 20.8. The zero-order chi connectivity index (χ0) is 24.9. The molecule has 1 unspecified atom stereocenters. The van der Waals surface area contributed by atoms with Gasteiger partial charge in [-0.05, 0) is 61.4 Å². The maximum absolute atomic E-state index is 13.6. The number of carbonyl (C=O) groups excluding carboxylic acids is 2. The first kappa shape index (κ1) is 23.0. The van der Waals surface area contributed by atoms with Crippen LogP contribution >= 0.6 is 0 Å². The monoisotopic (exact) mass is 485 g/mol. The molecule has 2 amide bonds. The summed E-state index contributed by atoms with van der Waals surface area (Å²) in [7, 11) is 1.60. The van der Waals surface area contributed by atoms with E-state index in [4.69, 9.17) is 14.1 Å². The number of likely N-dealkylation sites (tertiary alicyclic amines) is 1. The third-order valence-corrected chi connectivity index (χ3v) is 7.63. The summed E-state index contributed by atoms with van der Waals surface area (Å²) in [6.07, 6.45) is 4.64. The van der Waals surface area contributed by atoms with Gasteiger partial charge in [0, 0.05) is 43.6 Å². The van der Waals surface area contributed by atoms with Crippen LogP contribution in [-0.2, 0) is 14.3 Å². The van der Waals surface area contributed by atoms with Crippen molar-refractivity contribution in [2.24, 2.45) is 16.8 Å². The van der Waals surface area contributed by atoms with Gasteiger partial charge in [-0.2, -0.15) is 0 Å². The molecule has 2 aromatic carbocycles. The predicted octanol–water partition coefficient (Wildman–Crippen LogP) is 4.35. The predicted molar refractivity (Wildman–Crippen MR) is 138 cm³/mol. The molecule has 7 nitrogen and oxygen atoms in total. The van der Waals surface area contributed by atoms with Crippen molar-refractivity contribution < 1.29 is 18.7 Å². The Morgan fingerprint density at radius 2 is 1.83 bits per heavy atom. The van der Waals surface area contributed by atoms with Crippen LogP contribution in [0.15, 0.2) is 64.2 Å². The lowest BCUT2D eigenvalue weighted by Gasteiger charge is -2.25. The van der Waals surface area contributed by atoms with E-state index in [0.29, 0.717) is 18.9 Å². The molecule has 2 atom stereocenters. The van der Waals surface area contributed by atoms with Gasteiger partial charge in [0.1, 0.15) is 11.4 Å². The second kappa shape index (κ2) is 8.89. The largest absolute Gasteiger partial charge is 0.464 e. The minimum absolute atomic E-state index is 0.0409. The van der Waals surface area contributed by atoms with E-state index in [1.54, 1.807) is 13.4 Å². The minimum Gasteiger partial charge on any atom is -0.464 e. The fourth-order valence-corrected chi connectivity index (χ4v) is 5.48. The number of ether oxygens (including phenoxy) is 1. The molecule has 2 fully saturated rings. The van der Waals surface area contributed by atoms with Gasteiger partial charge in [0.2, 0.25) is 5.91 Å². The Kier molecular flexibility index (Phi) is 5.67. The second-order valence-electron chi connectivity index (χ2n) is 10.5. The number of aliphatic imine (C=N–C) groups is 1. The summed E-state index contributed by atoms with van der Waals surface area (Å²) in [5, 5.41) is 1.06. The lowest BCUT2D eigenvalue weighted by molar-refractivity contribution is -0.132. The fraction of sp³-hybridized carbons (Fsp3) is 0.414. The van der Waals surface area contributed by atoms with Crippen LogP contribution in [0.3, 0.4) is 0 Å². The van der Waals surface area contributed by atoms with E-state index in [9.17, 15) is 9.59 Å². The molecular weight excluding hydrogens is 454 g/mol. The summed E-state index contributed by atoms with van der Waals surface area (Å²) in [5.41, 5.74) is 3.01. The summed E-state index contributed by atoms with van der Waals surface area (Å²) in [6.45, 7) is 4.11. The van der Waals surface area contributed by atoms with Gasteiger partial charge in [-0.15, -0.1) is 0 Å². The Morgan fingerprint density at radius 1 is 1.08 bits per heavy atom. The average Bonchev–Trinajstić information content (AvgIpc) is 3.35. The Morgan fingerprint density at radius 3 is 2.58 bits per heavy atom. The maximum atomic E-state index is 13.6. The molecule has 0 spiro atoms. The van der Waals surface area contributed by atoms with Crippen LogP contribution in [0.25, 0.3) is 22.1 Å². The van der Waals surface area contributed by atoms with Crippen LogP contribution in [0.2, 0.25) is 0 Å². The van der Waals surface area contributed by atoms with Crippen molar-refractivity contribution in [2.45, 2.75) is 31.7 Å². The van der Waals surface area contributed by atoms with Crippen molar-refractivity contribution in [3.8, 4) is 11.1 Å². The van der Waals surface area contributed by atoms with E-state index in [2.05, 4.69) is 18.2 Å². The fourth-order valence-electron chi connectivity index (χ4n) is 5.48. The molecular formula is C29H31N3O4. The van der Waals surface area contributed by atoms with Gasteiger partial charge < -0.3 is 14.1 Å². The van der Waals surface area contributed by atoms with Gasteiger partial charge in [0.25, 0.3) is 5.91 Å². The van der Waals surface area contributed by atoms with E-state index in [1.807, 2.05) is 47.1 Å². The van der Waals surface area contributed by atoms with E-state index >= 15 is 0 Å². The first-order valence-corrected chi connectivity index (χ1v) is 12.7. The highest BCUT2D eigenvalue weighted by Gasteiger charge is 2.46. The molecule has 3 aromatic rings. The lowest BCUT2D eigenvalue weighted by atomic mass is 10.0. The highest BCUT2D eigenvalue weighted by Crippen LogP contribution is 2.34. The SMILES string of the molecule is COCC1(C)N=C(c2ccc(-c3ccc4occc4c3)cc2)N(C[C@@H]2CCN(C(=O)C3CC3)C2)C1=O. The minimum atomic E-state index is -0.947. The molecule has 1 saturated carbocycles. The van der Waals surface area contributed by atoms with Gasteiger partial charge >= 0.3 is 0 Å². The van der Waals surface area contributed by atoms with Crippen LogP contribution in [0.5, 0.6) is 0 Å². The van der Waals surface area contributed by atoms with Crippen molar-refractivity contribution in [3.63, 3.8) is 0 Å². The number of furan rings is 1. The van der Waals surface area contributed by atoms with Crippen LogP contribution in [0, 0.1) is 11.8 Å². The summed E-state index contributed by atoms with van der Waals surface area (Å²) < 4.78 is 10.8. The normalized spacial score (nSPS) is 24.1. The van der Waals surface area contributed by atoms with Crippen molar-refractivity contribution in [3.05, 3.63) is 60.4 Å². The summed E-state index contributed by atoms with van der Waals surface area (Å²) >= 11 is 0. The van der Waals surface area contributed by atoms with E-state index in [1.165, 1.54) is 0 Å². The highest BCUT2D eigenvalue weighted by molar-refractivity contribution is 6.15. The summed E-state index contributed by atoms with van der Waals surface area (Å²) in [6, 6.07) is 16.3. The Balaban J connectivity index is 1.24. The first-order valence-electron chi connectivity index (χ1n) is 12.7. The summed E-state index contributed by atoms with van der Waals surface area (Å²) in [4.78, 5) is 34.8. The van der Waals surface area contributed by atoms with Gasteiger partial charge in [-0.1, -0.05) is 30.3 Å². The highest BCUT2D eigenvalue weighted by atomic mass is 16.5. The molecule has 3 heterocycles. The quantitative estimate of drug-likeness (QED) is 0.499. The molecule has 3 aliphatic rings. The molecule has 0 N–H and O–H groups in total. The lowest BCUT2D eigenvalue weighted by Crippen LogP contribution is -2.45. The average molecular weight is 486 g/mol. The molecule has 0 bridgehead atoms. The Bertz CT molecular complexity index is 1340. The van der Waals surface area contributed by atoms with Crippen molar-refractivity contribution in [2.75, 3.05) is 33.4 Å². The van der Waals surface area contributed by atoms with Crippen molar-refractivity contribution >= 4 is 28.6 Å². The Labute approximate surface area is 210 Å². The number of nitrogens with zero attached hydrogens (tertiary/aromatic N) is 3. The number of amidine groups is 1. The molecule has 2 aliphatic heterocycles. The molecule has 1 saturated heterocycles. The number of rotatable bonds is 7. The van der Waals surface area contributed by atoms with Gasteiger partial charge in [-0.3, -0.25) is 14.5 Å². The number of hydrogen-bond acceptors (Lipinski definition) is 5. The molecule has 0 radical (unpaired) electrons. The molecule has 36 heavy (non-hydrogen) atoms. The second-order valence-corrected chi connectivity index (χ2v) is 10.5. The number of benzene rings is 2. The topological polar surface area (TPSA) is 75.4 Å². The smallest absolute Gasteiger partial charge is 0.258 e. The number of carbonyl (C=O) groups is 2. The third-order valence-electron chi connectivity index (χ3n) is 7.63. The standard InChI is InChI=1S/C29H31N3O4/c1-29(18-35-2)28(34)32(17-19-11-13-31(16-19)27(33)22-7-8-22)26(30-29)21-5-3-20(4-6-21)23-9-10-25-24(15-23)12-14-36-25/h3-6,9-10,12,14-15,19,22H,7-8,11,13,16-18H2,1-2H3/t19-,29?/m1/s1. The van der Waals surface area contributed by atoms with Gasteiger partial charge in [0.15, 0.2) is 5.54 Å². The zero-order valence-corrected chi connectivity index (χ0v) is 20.8. The number of hydrogen-bond donors (Lipinski definition) is 0. The van der Waals surface area contributed by atoms with Gasteiger partial charge in [-0.25, -0.2) is 4.99 Å². The van der Waals surface area contributed by atoms with E-state index in [0.717, 1.165) is 53.5 Å². The van der Waals surface area contributed by atoms with E-state index in [-0.39, 0.29) is 30.3 Å². The van der Waals surface area contributed by atoms with Gasteiger partial charge in [0.05, 0.1) is 12.9 Å². The van der Waals surface area contributed by atoms with Crippen molar-refractivity contribution in [1.29, 1.82) is 0 Å². The number of amides is 2. The Hall–Kier alpha value is -3.45.